The summed E-state index contributed by atoms with van der Waals surface area (Å²) < 4.78 is 13.3. The highest BCUT2D eigenvalue weighted by Crippen LogP contribution is 2.27. The normalized spacial score (nSPS) is 14.7. The molecule has 2 rings (SSSR count). The number of aliphatic imine (C=N–C) groups is 1. The van der Waals surface area contributed by atoms with Gasteiger partial charge in [-0.2, -0.15) is 0 Å². The van der Waals surface area contributed by atoms with E-state index in [4.69, 9.17) is 0 Å². The third-order valence-electron chi connectivity index (χ3n) is 4.21. The van der Waals surface area contributed by atoms with E-state index in [0.717, 1.165) is 30.7 Å². The van der Waals surface area contributed by atoms with E-state index in [0.29, 0.717) is 12.6 Å². The lowest BCUT2D eigenvalue weighted by Crippen LogP contribution is -2.44. The van der Waals surface area contributed by atoms with Gasteiger partial charge in [-0.15, -0.1) is 24.0 Å². The Morgan fingerprint density at radius 3 is 2.62 bits per heavy atom. The van der Waals surface area contributed by atoms with Crippen molar-refractivity contribution in [2.45, 2.75) is 45.3 Å². The van der Waals surface area contributed by atoms with Gasteiger partial charge in [0.15, 0.2) is 5.96 Å². The van der Waals surface area contributed by atoms with Crippen molar-refractivity contribution in [2.75, 3.05) is 27.2 Å². The first-order valence-electron chi connectivity index (χ1n) is 8.43. The number of rotatable bonds is 7. The first-order valence-corrected chi connectivity index (χ1v) is 8.43. The van der Waals surface area contributed by atoms with Gasteiger partial charge in [-0.05, 0) is 44.4 Å². The summed E-state index contributed by atoms with van der Waals surface area (Å²) >= 11 is 0. The molecule has 0 heterocycles. The predicted molar refractivity (Wildman–Crippen MR) is 110 cm³/mol. The summed E-state index contributed by atoms with van der Waals surface area (Å²) in [6.45, 7) is 7.03. The molecule has 0 radical (unpaired) electrons. The van der Waals surface area contributed by atoms with Gasteiger partial charge < -0.3 is 10.2 Å². The maximum absolute atomic E-state index is 13.3. The summed E-state index contributed by atoms with van der Waals surface area (Å²) in [5.41, 5.74) is 0.942. The second kappa shape index (κ2) is 10.2. The van der Waals surface area contributed by atoms with E-state index in [1.165, 1.54) is 18.9 Å². The zero-order valence-electron chi connectivity index (χ0n) is 15.1. The minimum Gasteiger partial charge on any atom is -0.355 e. The van der Waals surface area contributed by atoms with Gasteiger partial charge in [-0.25, -0.2) is 4.39 Å². The maximum atomic E-state index is 13.3. The lowest BCUT2D eigenvalue weighted by molar-refractivity contribution is 0.214. The number of halogens is 2. The van der Waals surface area contributed by atoms with Crippen LogP contribution in [0.3, 0.4) is 0 Å². The molecule has 1 fully saturated rings. The van der Waals surface area contributed by atoms with E-state index in [9.17, 15) is 4.39 Å². The Morgan fingerprint density at radius 1 is 1.38 bits per heavy atom. The predicted octanol–water partition coefficient (Wildman–Crippen LogP) is 3.32. The number of benzene rings is 1. The van der Waals surface area contributed by atoms with Gasteiger partial charge in [0.2, 0.25) is 0 Å². The number of nitrogens with one attached hydrogen (secondary N) is 1. The molecule has 1 N–H and O–H groups in total. The number of guanidine groups is 1. The Labute approximate surface area is 162 Å². The Bertz CT molecular complexity index is 530. The number of hydrogen-bond donors (Lipinski definition) is 1. The molecule has 0 spiro atoms. The van der Waals surface area contributed by atoms with E-state index in [1.54, 1.807) is 19.2 Å². The first-order chi connectivity index (χ1) is 11.0. The van der Waals surface area contributed by atoms with Gasteiger partial charge in [0.25, 0.3) is 0 Å². The Balaban J connectivity index is 0.00000288. The van der Waals surface area contributed by atoms with Crippen LogP contribution in [0.4, 0.5) is 4.39 Å². The summed E-state index contributed by atoms with van der Waals surface area (Å²) in [5, 5.41) is 3.41. The van der Waals surface area contributed by atoms with Crippen molar-refractivity contribution < 1.29 is 4.39 Å². The Hall–Kier alpha value is -0.890. The molecule has 1 aliphatic carbocycles. The molecule has 4 nitrogen and oxygen atoms in total. The summed E-state index contributed by atoms with van der Waals surface area (Å²) in [6, 6.07) is 8.05. The van der Waals surface area contributed by atoms with Crippen LogP contribution in [-0.2, 0) is 6.54 Å². The monoisotopic (exact) mass is 448 g/mol. The fraction of sp³-hybridized carbons (Fsp3) is 0.611. The second-order valence-electron chi connectivity index (χ2n) is 6.52. The van der Waals surface area contributed by atoms with Crippen LogP contribution in [0.15, 0.2) is 29.3 Å². The molecule has 6 heteroatoms. The molecule has 0 unspecified atom stereocenters. The van der Waals surface area contributed by atoms with Crippen LogP contribution in [0.25, 0.3) is 0 Å². The zero-order valence-corrected chi connectivity index (χ0v) is 17.5. The van der Waals surface area contributed by atoms with Crippen LogP contribution >= 0.6 is 24.0 Å². The van der Waals surface area contributed by atoms with Crippen LogP contribution in [0.1, 0.15) is 32.3 Å². The second-order valence-corrected chi connectivity index (χ2v) is 6.52. The van der Waals surface area contributed by atoms with Gasteiger partial charge in [0.05, 0.1) is 0 Å². The molecule has 1 aromatic carbocycles. The molecule has 0 bridgehead atoms. The molecular formula is C18H30FIN4. The zero-order chi connectivity index (χ0) is 16.8. The van der Waals surface area contributed by atoms with Gasteiger partial charge in [0, 0.05) is 45.8 Å². The number of nitrogens with zero attached hydrogens (tertiary/aromatic N) is 3. The average molecular weight is 448 g/mol. The first kappa shape index (κ1) is 21.2. The quantitative estimate of drug-likeness (QED) is 0.395. The average Bonchev–Trinajstić information content (AvgIpc) is 3.31. The Morgan fingerprint density at radius 2 is 2.08 bits per heavy atom. The summed E-state index contributed by atoms with van der Waals surface area (Å²) in [5.74, 6) is 0.643. The molecule has 24 heavy (non-hydrogen) atoms. The highest BCUT2D eigenvalue weighted by Gasteiger charge is 2.30. The van der Waals surface area contributed by atoms with Crippen molar-refractivity contribution in [2.24, 2.45) is 4.99 Å². The van der Waals surface area contributed by atoms with Crippen molar-refractivity contribution in [3.8, 4) is 0 Å². The molecule has 1 aliphatic rings. The third kappa shape index (κ3) is 6.55. The minimum absolute atomic E-state index is 0. The molecule has 0 aliphatic heterocycles. The highest BCUT2D eigenvalue weighted by atomic mass is 127. The van der Waals surface area contributed by atoms with Crippen LogP contribution in [0.5, 0.6) is 0 Å². The van der Waals surface area contributed by atoms with E-state index in [-0.39, 0.29) is 29.8 Å². The molecule has 136 valence electrons. The fourth-order valence-corrected chi connectivity index (χ4v) is 2.93. The van der Waals surface area contributed by atoms with E-state index >= 15 is 0 Å². The molecule has 1 aromatic rings. The van der Waals surface area contributed by atoms with Crippen molar-refractivity contribution in [1.82, 2.24) is 15.1 Å². The van der Waals surface area contributed by atoms with Gasteiger partial charge >= 0.3 is 0 Å². The van der Waals surface area contributed by atoms with Crippen LogP contribution in [-0.4, -0.2) is 55.0 Å². The molecule has 0 aromatic heterocycles. The lowest BCUT2D eigenvalue weighted by Gasteiger charge is -2.28. The van der Waals surface area contributed by atoms with Gasteiger partial charge in [-0.1, -0.05) is 12.1 Å². The van der Waals surface area contributed by atoms with E-state index in [1.807, 2.05) is 18.0 Å². The topological polar surface area (TPSA) is 30.9 Å². The van der Waals surface area contributed by atoms with Crippen LogP contribution in [0.2, 0.25) is 0 Å². The van der Waals surface area contributed by atoms with Crippen molar-refractivity contribution in [3.05, 3.63) is 35.6 Å². The summed E-state index contributed by atoms with van der Waals surface area (Å²) in [6.07, 6.45) is 2.65. The molecule has 0 amide bonds. The van der Waals surface area contributed by atoms with Crippen LogP contribution < -0.4 is 5.32 Å². The third-order valence-corrected chi connectivity index (χ3v) is 4.21. The van der Waals surface area contributed by atoms with Crippen molar-refractivity contribution in [3.63, 3.8) is 0 Å². The van der Waals surface area contributed by atoms with Crippen LogP contribution in [0, 0.1) is 5.82 Å². The van der Waals surface area contributed by atoms with Gasteiger partial charge in [-0.3, -0.25) is 9.89 Å². The fourth-order valence-electron chi connectivity index (χ4n) is 2.93. The smallest absolute Gasteiger partial charge is 0.193 e. The van der Waals surface area contributed by atoms with Crippen molar-refractivity contribution >= 4 is 29.9 Å². The largest absolute Gasteiger partial charge is 0.355 e. The minimum atomic E-state index is -0.198. The summed E-state index contributed by atoms with van der Waals surface area (Å²) in [4.78, 5) is 8.90. The highest BCUT2D eigenvalue weighted by molar-refractivity contribution is 14.0. The number of hydrogen-bond acceptors (Lipinski definition) is 2. The molecular weight excluding hydrogens is 418 g/mol. The Kier molecular flexibility index (Phi) is 8.97. The maximum Gasteiger partial charge on any atom is 0.193 e. The SMILES string of the molecule is CN=C(NCCN(C(C)C)C1CC1)N(C)Cc1cccc(F)c1.I. The lowest BCUT2D eigenvalue weighted by atomic mass is 10.2. The van der Waals surface area contributed by atoms with Crippen molar-refractivity contribution in [1.29, 1.82) is 0 Å². The van der Waals surface area contributed by atoms with Gasteiger partial charge in [0.1, 0.15) is 5.82 Å². The molecule has 0 atom stereocenters. The van der Waals surface area contributed by atoms with E-state index in [2.05, 4.69) is 29.1 Å². The molecule has 1 saturated carbocycles. The van der Waals surface area contributed by atoms with E-state index < -0.39 is 0 Å². The molecule has 0 saturated heterocycles. The standard InChI is InChI=1S/C18H29FN4.HI/c1-14(2)23(17-8-9-17)11-10-21-18(20-3)22(4)13-15-6-5-7-16(19)12-15;/h5-7,12,14,17H,8-11,13H2,1-4H3,(H,20,21);1H. The summed E-state index contributed by atoms with van der Waals surface area (Å²) in [7, 11) is 3.76.